The molecule has 1 aliphatic carbocycles. The van der Waals surface area contributed by atoms with Gasteiger partial charge in [-0.15, -0.1) is 0 Å². The predicted molar refractivity (Wildman–Crippen MR) is 131 cm³/mol. The average molecular weight is 430 g/mol. The first-order valence-corrected chi connectivity index (χ1v) is 12.2. The molecule has 0 bridgehead atoms. The number of hydrogen-bond acceptors (Lipinski definition) is 3. The quantitative estimate of drug-likeness (QED) is 0.446. The van der Waals surface area contributed by atoms with Crippen molar-refractivity contribution in [3.05, 3.63) is 41.5 Å². The fourth-order valence-corrected chi connectivity index (χ4v) is 4.78. The summed E-state index contributed by atoms with van der Waals surface area (Å²) in [4.78, 5) is 4.95. The smallest absolute Gasteiger partial charge is 0.173 e. The first-order valence-electron chi connectivity index (χ1n) is 11.8. The van der Waals surface area contributed by atoms with E-state index in [1.807, 2.05) is 0 Å². The lowest BCUT2D eigenvalue weighted by atomic mass is 9.94. The van der Waals surface area contributed by atoms with Gasteiger partial charge in [0.25, 0.3) is 0 Å². The van der Waals surface area contributed by atoms with E-state index in [0.717, 1.165) is 70.3 Å². The maximum absolute atomic E-state index is 5.97. The maximum atomic E-state index is 5.97. The normalized spacial score (nSPS) is 19.6. The number of nitrogens with zero attached hydrogens (tertiary/aromatic N) is 2. The summed E-state index contributed by atoms with van der Waals surface area (Å²) in [5.74, 6) is 0.699. The van der Waals surface area contributed by atoms with E-state index in [0.29, 0.717) is 5.92 Å². The van der Waals surface area contributed by atoms with E-state index >= 15 is 0 Å². The summed E-state index contributed by atoms with van der Waals surface area (Å²) >= 11 is 5.97. The fraction of sp³-hybridized carbons (Fsp3) is 0.640. The zero-order valence-electron chi connectivity index (χ0n) is 18.9. The van der Waals surface area contributed by atoms with Crippen molar-refractivity contribution in [1.82, 2.24) is 9.80 Å². The Bertz CT molecular complexity index is 677. The van der Waals surface area contributed by atoms with Crippen LogP contribution in [-0.2, 0) is 17.6 Å². The third-order valence-corrected chi connectivity index (χ3v) is 6.74. The Labute approximate surface area is 188 Å². The molecule has 1 atom stereocenters. The van der Waals surface area contributed by atoms with Crippen molar-refractivity contribution in [2.75, 3.05) is 51.3 Å². The molecular weight excluding hydrogens is 390 g/mol. The molecule has 1 heterocycles. The summed E-state index contributed by atoms with van der Waals surface area (Å²) < 4.78 is 5.49. The van der Waals surface area contributed by atoms with Gasteiger partial charge in [0.1, 0.15) is 0 Å². The van der Waals surface area contributed by atoms with E-state index in [4.69, 9.17) is 17.0 Å². The van der Waals surface area contributed by atoms with Crippen LogP contribution in [0.4, 0.5) is 5.69 Å². The molecule has 2 aliphatic rings. The van der Waals surface area contributed by atoms with Gasteiger partial charge in [0.05, 0.1) is 13.2 Å². The van der Waals surface area contributed by atoms with E-state index < -0.39 is 0 Å². The summed E-state index contributed by atoms with van der Waals surface area (Å²) in [6, 6.07) is 6.61. The van der Waals surface area contributed by atoms with Crippen LogP contribution in [0.15, 0.2) is 30.4 Å². The van der Waals surface area contributed by atoms with Gasteiger partial charge in [-0.3, -0.25) is 4.90 Å². The molecular formula is C25H39N3OS. The van der Waals surface area contributed by atoms with Gasteiger partial charge in [-0.2, -0.15) is 0 Å². The van der Waals surface area contributed by atoms with E-state index in [2.05, 4.69) is 59.3 Å². The van der Waals surface area contributed by atoms with Gasteiger partial charge in [0.15, 0.2) is 5.11 Å². The molecule has 1 N–H and O–H groups in total. The third kappa shape index (κ3) is 6.79. The van der Waals surface area contributed by atoms with Gasteiger partial charge in [-0.25, -0.2) is 0 Å². The highest BCUT2D eigenvalue weighted by atomic mass is 32.1. The number of thiocarbonyl (C=S) groups is 1. The monoisotopic (exact) mass is 429 g/mol. The number of hydrogen-bond donors (Lipinski definition) is 1. The molecule has 166 valence electrons. The number of allylic oxidation sites excluding steroid dienone is 2. The summed E-state index contributed by atoms with van der Waals surface area (Å²) in [5.41, 5.74) is 3.94. The fourth-order valence-electron chi connectivity index (χ4n) is 4.51. The summed E-state index contributed by atoms with van der Waals surface area (Å²) in [7, 11) is 0. The minimum absolute atomic E-state index is 0.699. The Balaban J connectivity index is 1.65. The van der Waals surface area contributed by atoms with Crippen molar-refractivity contribution in [2.45, 2.75) is 52.4 Å². The van der Waals surface area contributed by atoms with Gasteiger partial charge >= 0.3 is 0 Å². The number of anilines is 1. The predicted octanol–water partition coefficient (Wildman–Crippen LogP) is 4.89. The first kappa shape index (κ1) is 23.2. The molecule has 1 aliphatic heterocycles. The summed E-state index contributed by atoms with van der Waals surface area (Å²) in [6.45, 7) is 11.5. The Morgan fingerprint density at radius 1 is 1.17 bits per heavy atom. The van der Waals surface area contributed by atoms with Crippen molar-refractivity contribution < 1.29 is 4.74 Å². The van der Waals surface area contributed by atoms with E-state index in [9.17, 15) is 0 Å². The van der Waals surface area contributed by atoms with Crippen LogP contribution in [0.25, 0.3) is 0 Å². The minimum atomic E-state index is 0.699. The van der Waals surface area contributed by atoms with Crippen molar-refractivity contribution in [3.8, 4) is 0 Å². The van der Waals surface area contributed by atoms with Crippen LogP contribution in [0.5, 0.6) is 0 Å². The SMILES string of the molecule is CCc1cccc(CC)c1NC(=S)N(CCCN1CCOCC1)CC1CC=CCC1. The Hall–Kier alpha value is -1.43. The summed E-state index contributed by atoms with van der Waals surface area (Å²) in [5, 5.41) is 4.56. The highest BCUT2D eigenvalue weighted by molar-refractivity contribution is 7.80. The van der Waals surface area contributed by atoms with Crippen molar-refractivity contribution in [3.63, 3.8) is 0 Å². The van der Waals surface area contributed by atoms with Gasteiger partial charge in [0, 0.05) is 38.4 Å². The molecule has 1 aromatic carbocycles. The van der Waals surface area contributed by atoms with Crippen molar-refractivity contribution in [1.29, 1.82) is 0 Å². The number of rotatable bonds is 9. The number of para-hydroxylation sites is 1. The van der Waals surface area contributed by atoms with E-state index in [-0.39, 0.29) is 0 Å². The number of ether oxygens (including phenoxy) is 1. The number of benzene rings is 1. The van der Waals surface area contributed by atoms with Gasteiger partial charge in [0.2, 0.25) is 0 Å². The van der Waals surface area contributed by atoms with Gasteiger partial charge in [-0.1, -0.05) is 44.2 Å². The van der Waals surface area contributed by atoms with E-state index in [1.165, 1.54) is 36.1 Å². The lowest BCUT2D eigenvalue weighted by Crippen LogP contribution is -2.42. The van der Waals surface area contributed by atoms with Crippen LogP contribution in [0.1, 0.15) is 50.7 Å². The molecule has 0 aromatic heterocycles. The van der Waals surface area contributed by atoms with E-state index in [1.54, 1.807) is 0 Å². The second-order valence-electron chi connectivity index (χ2n) is 8.49. The molecule has 5 heteroatoms. The first-order chi connectivity index (χ1) is 14.7. The molecule has 1 fully saturated rings. The van der Waals surface area contributed by atoms with Crippen LogP contribution in [0.2, 0.25) is 0 Å². The summed E-state index contributed by atoms with van der Waals surface area (Å²) in [6.07, 6.45) is 11.5. The van der Waals surface area contributed by atoms with Gasteiger partial charge < -0.3 is 15.0 Å². The number of nitrogens with one attached hydrogen (secondary N) is 1. The van der Waals surface area contributed by atoms with Crippen LogP contribution in [0.3, 0.4) is 0 Å². The molecule has 0 spiro atoms. The third-order valence-electron chi connectivity index (χ3n) is 6.38. The molecule has 0 saturated carbocycles. The molecule has 1 aromatic rings. The average Bonchev–Trinajstić information content (AvgIpc) is 2.80. The zero-order valence-corrected chi connectivity index (χ0v) is 19.7. The Kier molecular flexibility index (Phi) is 9.63. The molecule has 0 amide bonds. The minimum Gasteiger partial charge on any atom is -0.379 e. The maximum Gasteiger partial charge on any atom is 0.173 e. The lowest BCUT2D eigenvalue weighted by molar-refractivity contribution is 0.0367. The highest BCUT2D eigenvalue weighted by Crippen LogP contribution is 2.24. The van der Waals surface area contributed by atoms with Crippen molar-refractivity contribution >= 4 is 23.0 Å². The molecule has 4 nitrogen and oxygen atoms in total. The standard InChI is InChI=1S/C25H39N3OS/c1-3-22-12-8-13-23(4-2)24(22)26-25(30)28(20-21-10-6-5-7-11-21)15-9-14-27-16-18-29-19-17-27/h5-6,8,12-13,21H,3-4,7,9-11,14-20H2,1-2H3,(H,26,30). The topological polar surface area (TPSA) is 27.7 Å². The lowest BCUT2D eigenvalue weighted by Gasteiger charge is -2.33. The Morgan fingerprint density at radius 3 is 2.53 bits per heavy atom. The van der Waals surface area contributed by atoms with Crippen LogP contribution < -0.4 is 5.32 Å². The second-order valence-corrected chi connectivity index (χ2v) is 8.88. The second kappa shape index (κ2) is 12.4. The van der Waals surface area contributed by atoms with Gasteiger partial charge in [-0.05, 0) is 67.8 Å². The molecule has 1 saturated heterocycles. The number of aryl methyl sites for hydroxylation is 2. The van der Waals surface area contributed by atoms with Crippen LogP contribution >= 0.6 is 12.2 Å². The Morgan fingerprint density at radius 2 is 1.90 bits per heavy atom. The van der Waals surface area contributed by atoms with Crippen molar-refractivity contribution in [2.24, 2.45) is 5.92 Å². The molecule has 1 unspecified atom stereocenters. The molecule has 0 radical (unpaired) electrons. The van der Waals surface area contributed by atoms with Crippen LogP contribution in [0, 0.1) is 5.92 Å². The molecule has 3 rings (SSSR count). The molecule has 30 heavy (non-hydrogen) atoms. The number of morpholine rings is 1. The van der Waals surface area contributed by atoms with Crippen LogP contribution in [-0.4, -0.2) is 60.8 Å². The highest BCUT2D eigenvalue weighted by Gasteiger charge is 2.19. The largest absolute Gasteiger partial charge is 0.379 e. The zero-order chi connectivity index (χ0) is 21.2.